The van der Waals surface area contributed by atoms with Crippen molar-refractivity contribution in [3.05, 3.63) is 59.9 Å². The first-order chi connectivity index (χ1) is 9.66. The average molecular weight is 271 g/mol. The van der Waals surface area contributed by atoms with Crippen molar-refractivity contribution >= 4 is 0 Å². The standard InChI is InChI=1S/C16H21N3O/c1-19(2)10-11-20-15-7-5-13(6-8-15)16(17)14-4-3-9-18-12-14/h3-9,12,16H,10-11,17H2,1-2H3. The zero-order valence-electron chi connectivity index (χ0n) is 12.0. The van der Waals surface area contributed by atoms with Gasteiger partial charge in [-0.2, -0.15) is 0 Å². The number of likely N-dealkylation sites (N-methyl/N-ethyl adjacent to an activating group) is 1. The van der Waals surface area contributed by atoms with Gasteiger partial charge in [0.1, 0.15) is 12.4 Å². The van der Waals surface area contributed by atoms with Gasteiger partial charge < -0.3 is 15.4 Å². The molecule has 2 aromatic rings. The molecule has 0 aliphatic carbocycles. The molecule has 0 aliphatic heterocycles. The number of nitrogens with zero attached hydrogens (tertiary/aromatic N) is 2. The molecule has 0 bridgehead atoms. The predicted molar refractivity (Wildman–Crippen MR) is 80.8 cm³/mol. The molecule has 1 heterocycles. The largest absolute Gasteiger partial charge is 0.492 e. The van der Waals surface area contributed by atoms with E-state index in [0.717, 1.165) is 23.4 Å². The van der Waals surface area contributed by atoms with Gasteiger partial charge in [0.2, 0.25) is 0 Å². The van der Waals surface area contributed by atoms with E-state index in [4.69, 9.17) is 10.5 Å². The molecule has 1 unspecified atom stereocenters. The predicted octanol–water partition coefficient (Wildman–Crippen LogP) is 2.07. The molecule has 0 spiro atoms. The van der Waals surface area contributed by atoms with Gasteiger partial charge in [-0.05, 0) is 43.4 Å². The van der Waals surface area contributed by atoms with Crippen LogP contribution in [0.2, 0.25) is 0 Å². The van der Waals surface area contributed by atoms with E-state index in [1.54, 1.807) is 12.4 Å². The molecular weight excluding hydrogens is 250 g/mol. The van der Waals surface area contributed by atoms with Crippen LogP contribution in [0.1, 0.15) is 17.2 Å². The molecule has 2 N–H and O–H groups in total. The van der Waals surface area contributed by atoms with Crippen molar-refractivity contribution in [1.29, 1.82) is 0 Å². The van der Waals surface area contributed by atoms with Crippen molar-refractivity contribution in [1.82, 2.24) is 9.88 Å². The summed E-state index contributed by atoms with van der Waals surface area (Å²) < 4.78 is 5.66. The topological polar surface area (TPSA) is 51.4 Å². The summed E-state index contributed by atoms with van der Waals surface area (Å²) in [5, 5.41) is 0. The highest BCUT2D eigenvalue weighted by atomic mass is 16.5. The maximum absolute atomic E-state index is 6.22. The first-order valence-corrected chi connectivity index (χ1v) is 6.70. The van der Waals surface area contributed by atoms with Gasteiger partial charge in [-0.3, -0.25) is 4.98 Å². The Bertz CT molecular complexity index is 511. The molecule has 1 atom stereocenters. The molecule has 0 fully saturated rings. The van der Waals surface area contributed by atoms with Crippen LogP contribution in [0, 0.1) is 0 Å². The second-order valence-corrected chi connectivity index (χ2v) is 4.98. The van der Waals surface area contributed by atoms with Gasteiger partial charge >= 0.3 is 0 Å². The van der Waals surface area contributed by atoms with Gasteiger partial charge in [0.05, 0.1) is 6.04 Å². The molecule has 0 radical (unpaired) electrons. The fourth-order valence-corrected chi connectivity index (χ4v) is 1.87. The van der Waals surface area contributed by atoms with Gasteiger partial charge in [-0.15, -0.1) is 0 Å². The van der Waals surface area contributed by atoms with E-state index in [1.165, 1.54) is 0 Å². The van der Waals surface area contributed by atoms with Crippen LogP contribution in [0.15, 0.2) is 48.8 Å². The molecule has 0 saturated carbocycles. The van der Waals surface area contributed by atoms with E-state index in [9.17, 15) is 0 Å². The fourth-order valence-electron chi connectivity index (χ4n) is 1.87. The highest BCUT2D eigenvalue weighted by Gasteiger charge is 2.08. The summed E-state index contributed by atoms with van der Waals surface area (Å²) in [6.45, 7) is 1.58. The lowest BCUT2D eigenvalue weighted by Crippen LogP contribution is -2.19. The van der Waals surface area contributed by atoms with E-state index in [1.807, 2.05) is 50.5 Å². The smallest absolute Gasteiger partial charge is 0.119 e. The molecule has 1 aromatic carbocycles. The minimum absolute atomic E-state index is 0.153. The Morgan fingerprint density at radius 1 is 1.15 bits per heavy atom. The Labute approximate surface area is 120 Å². The zero-order chi connectivity index (χ0) is 14.4. The Morgan fingerprint density at radius 3 is 2.50 bits per heavy atom. The third-order valence-corrected chi connectivity index (χ3v) is 3.09. The highest BCUT2D eigenvalue weighted by molar-refractivity contribution is 5.34. The average Bonchev–Trinajstić information content (AvgIpc) is 2.48. The van der Waals surface area contributed by atoms with E-state index in [2.05, 4.69) is 9.88 Å². The lowest BCUT2D eigenvalue weighted by molar-refractivity contribution is 0.261. The SMILES string of the molecule is CN(C)CCOc1ccc(C(N)c2cccnc2)cc1. The summed E-state index contributed by atoms with van der Waals surface area (Å²) in [4.78, 5) is 6.19. The normalized spacial score (nSPS) is 12.4. The lowest BCUT2D eigenvalue weighted by Gasteiger charge is -2.14. The number of pyridine rings is 1. The van der Waals surface area contributed by atoms with Crippen LogP contribution in [-0.2, 0) is 0 Å². The third-order valence-electron chi connectivity index (χ3n) is 3.09. The summed E-state index contributed by atoms with van der Waals surface area (Å²) in [6, 6.07) is 11.7. The Morgan fingerprint density at radius 2 is 1.90 bits per heavy atom. The van der Waals surface area contributed by atoms with Crippen LogP contribution in [-0.4, -0.2) is 37.1 Å². The van der Waals surface area contributed by atoms with Crippen LogP contribution < -0.4 is 10.5 Å². The summed E-state index contributed by atoms with van der Waals surface area (Å²) >= 11 is 0. The number of ether oxygens (including phenoxy) is 1. The van der Waals surface area contributed by atoms with Crippen molar-refractivity contribution < 1.29 is 4.74 Å². The Hall–Kier alpha value is -1.91. The Kier molecular flexibility index (Phi) is 5.09. The zero-order valence-corrected chi connectivity index (χ0v) is 12.0. The van der Waals surface area contributed by atoms with Crippen LogP contribution in [0.4, 0.5) is 0 Å². The van der Waals surface area contributed by atoms with Crippen molar-refractivity contribution in [3.63, 3.8) is 0 Å². The second-order valence-electron chi connectivity index (χ2n) is 4.98. The van der Waals surface area contributed by atoms with Gasteiger partial charge in [0.15, 0.2) is 0 Å². The fraction of sp³-hybridized carbons (Fsp3) is 0.312. The molecule has 0 aliphatic rings. The number of rotatable bonds is 6. The summed E-state index contributed by atoms with van der Waals surface area (Å²) in [5.41, 5.74) is 8.28. The van der Waals surface area contributed by atoms with Crippen molar-refractivity contribution in [2.45, 2.75) is 6.04 Å². The van der Waals surface area contributed by atoms with E-state index in [-0.39, 0.29) is 6.04 Å². The molecule has 4 heteroatoms. The minimum Gasteiger partial charge on any atom is -0.492 e. The van der Waals surface area contributed by atoms with Crippen LogP contribution in [0.5, 0.6) is 5.75 Å². The molecule has 1 aromatic heterocycles. The highest BCUT2D eigenvalue weighted by Crippen LogP contribution is 2.21. The number of hydrogen-bond donors (Lipinski definition) is 1. The van der Waals surface area contributed by atoms with Crippen molar-refractivity contribution in [3.8, 4) is 5.75 Å². The summed E-state index contributed by atoms with van der Waals surface area (Å²) in [7, 11) is 4.05. The number of aromatic nitrogens is 1. The molecule has 106 valence electrons. The monoisotopic (exact) mass is 271 g/mol. The van der Waals surface area contributed by atoms with Crippen LogP contribution in [0.3, 0.4) is 0 Å². The van der Waals surface area contributed by atoms with Gasteiger partial charge in [0, 0.05) is 18.9 Å². The second kappa shape index (κ2) is 7.03. The Balaban J connectivity index is 1.97. The first kappa shape index (κ1) is 14.5. The molecular formula is C16H21N3O. The molecule has 20 heavy (non-hydrogen) atoms. The molecule has 4 nitrogen and oxygen atoms in total. The van der Waals surface area contributed by atoms with Crippen molar-refractivity contribution in [2.24, 2.45) is 5.73 Å². The van der Waals surface area contributed by atoms with Gasteiger partial charge in [-0.25, -0.2) is 0 Å². The number of hydrogen-bond acceptors (Lipinski definition) is 4. The van der Waals surface area contributed by atoms with Gasteiger partial charge in [-0.1, -0.05) is 18.2 Å². The third kappa shape index (κ3) is 4.05. The lowest BCUT2D eigenvalue weighted by atomic mass is 10.0. The van der Waals surface area contributed by atoms with Gasteiger partial charge in [0.25, 0.3) is 0 Å². The van der Waals surface area contributed by atoms with Crippen LogP contribution in [0.25, 0.3) is 0 Å². The molecule has 0 saturated heterocycles. The number of nitrogens with two attached hydrogens (primary N) is 1. The van der Waals surface area contributed by atoms with Crippen LogP contribution >= 0.6 is 0 Å². The molecule has 2 rings (SSSR count). The number of benzene rings is 1. The maximum atomic E-state index is 6.22. The van der Waals surface area contributed by atoms with Crippen molar-refractivity contribution in [2.75, 3.05) is 27.2 Å². The maximum Gasteiger partial charge on any atom is 0.119 e. The van der Waals surface area contributed by atoms with E-state index < -0.39 is 0 Å². The molecule has 0 amide bonds. The van der Waals surface area contributed by atoms with E-state index >= 15 is 0 Å². The minimum atomic E-state index is -0.153. The quantitative estimate of drug-likeness (QED) is 0.874. The summed E-state index contributed by atoms with van der Waals surface area (Å²) in [6.07, 6.45) is 3.55. The van der Waals surface area contributed by atoms with E-state index in [0.29, 0.717) is 6.61 Å². The summed E-state index contributed by atoms with van der Waals surface area (Å²) in [5.74, 6) is 0.869. The first-order valence-electron chi connectivity index (χ1n) is 6.70.